The van der Waals surface area contributed by atoms with E-state index in [1.807, 2.05) is 19.1 Å². The molecule has 8 heteroatoms. The summed E-state index contributed by atoms with van der Waals surface area (Å²) in [7, 11) is 0. The molecule has 1 aliphatic rings. The molecule has 0 saturated carbocycles. The van der Waals surface area contributed by atoms with Crippen molar-refractivity contribution in [2.45, 2.75) is 13.8 Å². The molecule has 0 atom stereocenters. The molecule has 0 spiro atoms. The molecule has 0 bridgehead atoms. The van der Waals surface area contributed by atoms with Crippen molar-refractivity contribution in [1.29, 1.82) is 0 Å². The van der Waals surface area contributed by atoms with Crippen LogP contribution in [0.3, 0.4) is 0 Å². The molecule has 2 aromatic carbocycles. The third-order valence-corrected chi connectivity index (χ3v) is 5.84. The molecule has 1 N–H and O–H groups in total. The Morgan fingerprint density at radius 2 is 1.78 bits per heavy atom. The van der Waals surface area contributed by atoms with Crippen LogP contribution < -0.4 is 10.2 Å². The SMILES string of the molecule is CCN1CCN(c2ccc(NC(=O)c3ccc(-c4ccc([N+](=O)[O-])cc4)o3)c(C)c2)CC1. The molecule has 8 nitrogen and oxygen atoms in total. The molecule has 0 unspecified atom stereocenters. The van der Waals surface area contributed by atoms with E-state index >= 15 is 0 Å². The monoisotopic (exact) mass is 434 g/mol. The lowest BCUT2D eigenvalue weighted by Gasteiger charge is -2.35. The highest BCUT2D eigenvalue weighted by Gasteiger charge is 2.18. The number of nitro benzene ring substituents is 1. The number of nitrogens with one attached hydrogen (secondary N) is 1. The largest absolute Gasteiger partial charge is 0.451 e. The van der Waals surface area contributed by atoms with Gasteiger partial charge in [0.1, 0.15) is 5.76 Å². The molecule has 166 valence electrons. The Kier molecular flexibility index (Phi) is 6.23. The Hall–Kier alpha value is -3.65. The van der Waals surface area contributed by atoms with Gasteiger partial charge < -0.3 is 19.5 Å². The number of rotatable bonds is 6. The Morgan fingerprint density at radius 1 is 1.06 bits per heavy atom. The van der Waals surface area contributed by atoms with Gasteiger partial charge >= 0.3 is 0 Å². The normalized spacial score (nSPS) is 14.4. The number of furan rings is 1. The molecule has 2 heterocycles. The van der Waals surface area contributed by atoms with Crippen LogP contribution in [0.1, 0.15) is 23.0 Å². The van der Waals surface area contributed by atoms with Crippen LogP contribution in [0.2, 0.25) is 0 Å². The number of nitro groups is 1. The average molecular weight is 434 g/mol. The van der Waals surface area contributed by atoms with Crippen molar-refractivity contribution < 1.29 is 14.1 Å². The molecule has 3 aromatic rings. The summed E-state index contributed by atoms with van der Waals surface area (Å²) in [6, 6.07) is 15.4. The molecule has 1 aromatic heterocycles. The first kappa shape index (κ1) is 21.6. The van der Waals surface area contributed by atoms with Crippen molar-refractivity contribution in [3.8, 4) is 11.3 Å². The summed E-state index contributed by atoms with van der Waals surface area (Å²) in [6.07, 6.45) is 0. The van der Waals surface area contributed by atoms with Crippen LogP contribution in [0, 0.1) is 17.0 Å². The van der Waals surface area contributed by atoms with Crippen molar-refractivity contribution in [3.63, 3.8) is 0 Å². The van der Waals surface area contributed by atoms with Crippen molar-refractivity contribution >= 4 is 23.0 Å². The van der Waals surface area contributed by atoms with Gasteiger partial charge in [0.2, 0.25) is 0 Å². The molecular formula is C24H26N4O4. The van der Waals surface area contributed by atoms with Gasteiger partial charge in [0, 0.05) is 55.2 Å². The number of aryl methyl sites for hydroxylation is 1. The van der Waals surface area contributed by atoms with E-state index in [1.165, 1.54) is 12.1 Å². The number of hydrogen-bond donors (Lipinski definition) is 1. The molecule has 1 fully saturated rings. The van der Waals surface area contributed by atoms with Gasteiger partial charge in [-0.15, -0.1) is 0 Å². The maximum Gasteiger partial charge on any atom is 0.291 e. The van der Waals surface area contributed by atoms with Crippen molar-refractivity contribution in [1.82, 2.24) is 4.90 Å². The number of likely N-dealkylation sites (N-methyl/N-ethyl adjacent to an activating group) is 1. The Labute approximate surface area is 186 Å². The van der Waals surface area contributed by atoms with Gasteiger partial charge in [0.25, 0.3) is 11.6 Å². The van der Waals surface area contributed by atoms with Crippen molar-refractivity contribution in [2.24, 2.45) is 0 Å². The molecule has 1 saturated heterocycles. The standard InChI is InChI=1S/C24H26N4O4/c1-3-26-12-14-27(15-13-26)20-8-9-21(17(2)16-20)25-24(29)23-11-10-22(32-23)18-4-6-19(7-5-18)28(30)31/h4-11,16H,3,12-15H2,1-2H3,(H,25,29). The summed E-state index contributed by atoms with van der Waals surface area (Å²) in [5.41, 5.74) is 3.55. The first-order valence-electron chi connectivity index (χ1n) is 10.7. The van der Waals surface area contributed by atoms with Gasteiger partial charge in [-0.05, 0) is 61.5 Å². The topological polar surface area (TPSA) is 91.9 Å². The van der Waals surface area contributed by atoms with Crippen LogP contribution in [-0.4, -0.2) is 48.5 Å². The molecule has 32 heavy (non-hydrogen) atoms. The van der Waals surface area contributed by atoms with E-state index < -0.39 is 4.92 Å². The minimum Gasteiger partial charge on any atom is -0.451 e. The zero-order valence-electron chi connectivity index (χ0n) is 18.2. The third kappa shape index (κ3) is 4.65. The van der Waals surface area contributed by atoms with Crippen molar-refractivity contribution in [3.05, 3.63) is 76.0 Å². The maximum atomic E-state index is 12.7. The molecule has 4 rings (SSSR count). The van der Waals surface area contributed by atoms with E-state index in [2.05, 4.69) is 28.1 Å². The minimum absolute atomic E-state index is 0.00411. The number of anilines is 2. The number of carbonyl (C=O) groups excluding carboxylic acids is 1. The second-order valence-electron chi connectivity index (χ2n) is 7.84. The van der Waals surface area contributed by atoms with E-state index in [-0.39, 0.29) is 17.4 Å². The van der Waals surface area contributed by atoms with Crippen molar-refractivity contribution in [2.75, 3.05) is 42.9 Å². The lowest BCUT2D eigenvalue weighted by molar-refractivity contribution is -0.384. The summed E-state index contributed by atoms with van der Waals surface area (Å²) < 4.78 is 5.69. The van der Waals surface area contributed by atoms with E-state index in [4.69, 9.17) is 4.42 Å². The van der Waals surface area contributed by atoms with Gasteiger partial charge in [-0.2, -0.15) is 0 Å². The van der Waals surface area contributed by atoms with Crippen LogP contribution in [0.5, 0.6) is 0 Å². The molecular weight excluding hydrogens is 408 g/mol. The lowest BCUT2D eigenvalue weighted by atomic mass is 10.1. The number of nitrogens with zero attached hydrogens (tertiary/aromatic N) is 3. The zero-order chi connectivity index (χ0) is 22.7. The summed E-state index contributed by atoms with van der Waals surface area (Å²) in [6.45, 7) is 9.36. The molecule has 0 radical (unpaired) electrons. The molecule has 0 aliphatic carbocycles. The quantitative estimate of drug-likeness (QED) is 0.452. The molecule has 1 aliphatic heterocycles. The van der Waals surface area contributed by atoms with E-state index in [0.29, 0.717) is 11.3 Å². The Balaban J connectivity index is 1.42. The van der Waals surface area contributed by atoms with Crippen LogP contribution >= 0.6 is 0 Å². The Bertz CT molecular complexity index is 1120. The predicted molar refractivity (Wildman–Crippen MR) is 124 cm³/mol. The van der Waals surface area contributed by atoms with Crippen LogP contribution in [0.4, 0.5) is 17.1 Å². The van der Waals surface area contributed by atoms with E-state index in [1.54, 1.807) is 24.3 Å². The highest BCUT2D eigenvalue weighted by atomic mass is 16.6. The summed E-state index contributed by atoms with van der Waals surface area (Å²) in [5.74, 6) is 0.312. The average Bonchev–Trinajstić information content (AvgIpc) is 3.31. The van der Waals surface area contributed by atoms with Crippen LogP contribution in [0.25, 0.3) is 11.3 Å². The number of carbonyl (C=O) groups is 1. The predicted octanol–water partition coefficient (Wildman–Crippen LogP) is 4.56. The van der Waals surface area contributed by atoms with Gasteiger partial charge in [-0.1, -0.05) is 6.92 Å². The number of piperazine rings is 1. The van der Waals surface area contributed by atoms with Gasteiger partial charge in [0.05, 0.1) is 4.92 Å². The lowest BCUT2D eigenvalue weighted by Crippen LogP contribution is -2.46. The molecule has 1 amide bonds. The van der Waals surface area contributed by atoms with Crippen LogP contribution in [0.15, 0.2) is 59.0 Å². The summed E-state index contributed by atoms with van der Waals surface area (Å²) in [5, 5.41) is 13.7. The second-order valence-corrected chi connectivity index (χ2v) is 7.84. The maximum absolute atomic E-state index is 12.7. The fourth-order valence-electron chi connectivity index (χ4n) is 3.85. The third-order valence-electron chi connectivity index (χ3n) is 5.84. The first-order valence-corrected chi connectivity index (χ1v) is 10.7. The van der Waals surface area contributed by atoms with E-state index in [9.17, 15) is 14.9 Å². The van der Waals surface area contributed by atoms with Gasteiger partial charge in [-0.25, -0.2) is 0 Å². The number of benzene rings is 2. The number of amides is 1. The number of hydrogen-bond acceptors (Lipinski definition) is 6. The highest BCUT2D eigenvalue weighted by Crippen LogP contribution is 2.27. The highest BCUT2D eigenvalue weighted by molar-refractivity contribution is 6.03. The smallest absolute Gasteiger partial charge is 0.291 e. The zero-order valence-corrected chi connectivity index (χ0v) is 18.2. The van der Waals surface area contributed by atoms with Gasteiger partial charge in [-0.3, -0.25) is 14.9 Å². The van der Waals surface area contributed by atoms with Crippen LogP contribution in [-0.2, 0) is 0 Å². The van der Waals surface area contributed by atoms with E-state index in [0.717, 1.165) is 49.7 Å². The summed E-state index contributed by atoms with van der Waals surface area (Å²) in [4.78, 5) is 27.9. The number of non-ortho nitro benzene ring substituents is 1. The first-order chi connectivity index (χ1) is 15.4. The Morgan fingerprint density at radius 3 is 2.41 bits per heavy atom. The van der Waals surface area contributed by atoms with Gasteiger partial charge in [0.15, 0.2) is 5.76 Å². The second kappa shape index (κ2) is 9.23. The summed E-state index contributed by atoms with van der Waals surface area (Å²) >= 11 is 0. The fourth-order valence-corrected chi connectivity index (χ4v) is 3.85. The fraction of sp³-hybridized carbons (Fsp3) is 0.292. The minimum atomic E-state index is -0.455.